The molecule has 1 heterocycles. The molecule has 0 bridgehead atoms. The molecule has 32 heavy (non-hydrogen) atoms. The van der Waals surface area contributed by atoms with E-state index in [1.165, 1.54) is 34.3 Å². The average molecular weight is 478 g/mol. The van der Waals surface area contributed by atoms with E-state index in [-0.39, 0.29) is 22.9 Å². The summed E-state index contributed by atoms with van der Waals surface area (Å²) in [5, 5.41) is 4.96. The number of benzene rings is 2. The molecule has 1 atom stereocenters. The first kappa shape index (κ1) is 24.1. The van der Waals surface area contributed by atoms with Crippen molar-refractivity contribution in [2.75, 3.05) is 30.3 Å². The van der Waals surface area contributed by atoms with E-state index in [9.17, 15) is 18.0 Å². The summed E-state index contributed by atoms with van der Waals surface area (Å²) >= 11 is 1.33. The number of para-hydroxylation sites is 1. The molecular formula is C22H27N3O5S2. The van der Waals surface area contributed by atoms with Crippen molar-refractivity contribution in [1.82, 2.24) is 4.31 Å². The third-order valence-electron chi connectivity index (χ3n) is 4.95. The number of nitrogens with zero attached hydrogens (tertiary/aromatic N) is 1. The quantitative estimate of drug-likeness (QED) is 0.572. The maximum atomic E-state index is 12.9. The van der Waals surface area contributed by atoms with Crippen molar-refractivity contribution >= 4 is 45.0 Å². The van der Waals surface area contributed by atoms with Gasteiger partial charge >= 0.3 is 0 Å². The standard InChI is InChI=1S/C22H27N3O5S2/c1-4-25(5-2)32(28,29)15-11-12-18(30-6-3)17(13-15)23-21(26)14-20-22(27)24-16-9-7-8-10-19(16)31-20/h7-13,20H,4-6,14H2,1-3H3,(H,23,26)(H,24,27). The van der Waals surface area contributed by atoms with Crippen LogP contribution in [0.5, 0.6) is 5.75 Å². The molecule has 2 aromatic carbocycles. The number of carbonyl (C=O) groups excluding carboxylic acids is 2. The van der Waals surface area contributed by atoms with Crippen molar-refractivity contribution in [3.63, 3.8) is 0 Å². The van der Waals surface area contributed by atoms with Crippen molar-refractivity contribution < 1.29 is 22.7 Å². The van der Waals surface area contributed by atoms with Gasteiger partial charge in [0, 0.05) is 24.4 Å². The lowest BCUT2D eigenvalue weighted by molar-refractivity contribution is -0.120. The van der Waals surface area contributed by atoms with Gasteiger partial charge in [0.1, 0.15) is 5.75 Å². The third kappa shape index (κ3) is 5.25. The van der Waals surface area contributed by atoms with E-state index in [1.807, 2.05) is 24.3 Å². The van der Waals surface area contributed by atoms with Crippen LogP contribution in [-0.2, 0) is 19.6 Å². The normalized spacial score (nSPS) is 15.8. The Morgan fingerprint density at radius 1 is 1.16 bits per heavy atom. The van der Waals surface area contributed by atoms with E-state index in [4.69, 9.17) is 4.74 Å². The number of thioether (sulfide) groups is 1. The molecule has 0 radical (unpaired) electrons. The van der Waals surface area contributed by atoms with Gasteiger partial charge in [-0.3, -0.25) is 9.59 Å². The summed E-state index contributed by atoms with van der Waals surface area (Å²) in [7, 11) is -3.70. The number of hydrogen-bond donors (Lipinski definition) is 2. The topological polar surface area (TPSA) is 105 Å². The number of fused-ring (bicyclic) bond motifs is 1. The number of hydrogen-bond acceptors (Lipinski definition) is 6. The van der Waals surface area contributed by atoms with Gasteiger partial charge in [0.2, 0.25) is 21.8 Å². The minimum atomic E-state index is -3.70. The van der Waals surface area contributed by atoms with Gasteiger partial charge in [-0.1, -0.05) is 26.0 Å². The SMILES string of the molecule is CCOc1ccc(S(=O)(=O)N(CC)CC)cc1NC(=O)CC1Sc2ccccc2NC1=O. The minimum absolute atomic E-state index is 0.0660. The maximum absolute atomic E-state index is 12.9. The highest BCUT2D eigenvalue weighted by molar-refractivity contribution is 8.01. The van der Waals surface area contributed by atoms with E-state index < -0.39 is 21.2 Å². The molecule has 2 aromatic rings. The average Bonchev–Trinajstić information content (AvgIpc) is 2.76. The summed E-state index contributed by atoms with van der Waals surface area (Å²) in [6.45, 7) is 6.36. The Morgan fingerprint density at radius 3 is 2.56 bits per heavy atom. The second-order valence-corrected chi connectivity index (χ2v) is 10.2. The summed E-state index contributed by atoms with van der Waals surface area (Å²) in [5.41, 5.74) is 0.985. The van der Waals surface area contributed by atoms with Gasteiger partial charge < -0.3 is 15.4 Å². The number of nitrogens with one attached hydrogen (secondary N) is 2. The molecule has 10 heteroatoms. The zero-order valence-corrected chi connectivity index (χ0v) is 19.9. The summed E-state index contributed by atoms with van der Waals surface area (Å²) in [5.74, 6) is -0.285. The van der Waals surface area contributed by atoms with Crippen molar-refractivity contribution in [2.45, 2.75) is 42.2 Å². The molecule has 1 unspecified atom stereocenters. The lowest BCUT2D eigenvalue weighted by Gasteiger charge is -2.24. The number of rotatable bonds is 9. The Hall–Kier alpha value is -2.56. The molecule has 0 aromatic heterocycles. The molecule has 1 aliphatic rings. The molecule has 2 N–H and O–H groups in total. The first-order chi connectivity index (χ1) is 15.3. The number of ether oxygens (including phenoxy) is 1. The second-order valence-electron chi connectivity index (χ2n) is 7.02. The van der Waals surface area contributed by atoms with Crippen molar-refractivity contribution in [2.24, 2.45) is 0 Å². The number of carbonyl (C=O) groups is 2. The van der Waals surface area contributed by atoms with E-state index in [0.29, 0.717) is 25.4 Å². The van der Waals surface area contributed by atoms with Crippen molar-refractivity contribution in [3.05, 3.63) is 42.5 Å². The Bertz CT molecular complexity index is 1100. The van der Waals surface area contributed by atoms with Crippen LogP contribution in [0, 0.1) is 0 Å². The number of sulfonamides is 1. The fourth-order valence-corrected chi connectivity index (χ4v) is 5.95. The zero-order chi connectivity index (χ0) is 23.3. The Morgan fingerprint density at radius 2 is 1.88 bits per heavy atom. The van der Waals surface area contributed by atoms with Crippen molar-refractivity contribution in [1.29, 1.82) is 0 Å². The summed E-state index contributed by atoms with van der Waals surface area (Å²) in [6.07, 6.45) is -0.0660. The summed E-state index contributed by atoms with van der Waals surface area (Å²) in [6, 6.07) is 11.8. The van der Waals surface area contributed by atoms with Crippen LogP contribution in [0.2, 0.25) is 0 Å². The first-order valence-corrected chi connectivity index (χ1v) is 12.8. The van der Waals surface area contributed by atoms with Crippen LogP contribution in [0.4, 0.5) is 11.4 Å². The predicted octanol–water partition coefficient (Wildman–Crippen LogP) is 3.56. The van der Waals surface area contributed by atoms with E-state index in [1.54, 1.807) is 20.8 Å². The largest absolute Gasteiger partial charge is 0.492 e. The maximum Gasteiger partial charge on any atom is 0.243 e. The van der Waals surface area contributed by atoms with Crippen LogP contribution in [0.15, 0.2) is 52.3 Å². The molecule has 8 nitrogen and oxygen atoms in total. The molecule has 3 rings (SSSR count). The fourth-order valence-electron chi connectivity index (χ4n) is 3.36. The Kier molecular flexibility index (Phi) is 7.81. The van der Waals surface area contributed by atoms with E-state index in [2.05, 4.69) is 10.6 Å². The molecular weight excluding hydrogens is 450 g/mol. The summed E-state index contributed by atoms with van der Waals surface area (Å²) in [4.78, 5) is 26.2. The predicted molar refractivity (Wildman–Crippen MR) is 126 cm³/mol. The van der Waals surface area contributed by atoms with Gasteiger partial charge in [-0.05, 0) is 37.3 Å². The van der Waals surface area contributed by atoms with Gasteiger partial charge in [0.15, 0.2) is 0 Å². The van der Waals surface area contributed by atoms with E-state index >= 15 is 0 Å². The summed E-state index contributed by atoms with van der Waals surface area (Å²) < 4.78 is 32.7. The zero-order valence-electron chi connectivity index (χ0n) is 18.3. The van der Waals surface area contributed by atoms with Gasteiger partial charge in [-0.2, -0.15) is 4.31 Å². The first-order valence-electron chi connectivity index (χ1n) is 10.4. The highest BCUT2D eigenvalue weighted by Crippen LogP contribution is 2.37. The smallest absolute Gasteiger partial charge is 0.243 e. The monoisotopic (exact) mass is 477 g/mol. The van der Waals surface area contributed by atoms with Gasteiger partial charge in [-0.25, -0.2) is 8.42 Å². The molecule has 0 fully saturated rings. The lowest BCUT2D eigenvalue weighted by Crippen LogP contribution is -2.32. The van der Waals surface area contributed by atoms with Crippen LogP contribution >= 0.6 is 11.8 Å². The molecule has 0 spiro atoms. The molecule has 2 amide bonds. The van der Waals surface area contributed by atoms with Crippen LogP contribution in [0.3, 0.4) is 0 Å². The van der Waals surface area contributed by atoms with Crippen LogP contribution in [-0.4, -0.2) is 49.5 Å². The molecule has 0 saturated heterocycles. The highest BCUT2D eigenvalue weighted by Gasteiger charge is 2.29. The van der Waals surface area contributed by atoms with E-state index in [0.717, 1.165) is 10.6 Å². The lowest BCUT2D eigenvalue weighted by atomic mass is 10.2. The second kappa shape index (κ2) is 10.4. The molecule has 0 aliphatic carbocycles. The molecule has 172 valence electrons. The van der Waals surface area contributed by atoms with Crippen LogP contribution in [0.25, 0.3) is 0 Å². The number of anilines is 2. The van der Waals surface area contributed by atoms with Crippen molar-refractivity contribution in [3.8, 4) is 5.75 Å². The molecule has 0 saturated carbocycles. The van der Waals surface area contributed by atoms with Crippen LogP contribution in [0.1, 0.15) is 27.2 Å². The highest BCUT2D eigenvalue weighted by atomic mass is 32.2. The van der Waals surface area contributed by atoms with Gasteiger partial charge in [0.05, 0.1) is 28.1 Å². The fraction of sp³-hybridized carbons (Fsp3) is 0.364. The Balaban J connectivity index is 1.81. The Labute approximate surface area is 192 Å². The third-order valence-corrected chi connectivity index (χ3v) is 8.27. The minimum Gasteiger partial charge on any atom is -0.492 e. The van der Waals surface area contributed by atoms with Crippen LogP contribution < -0.4 is 15.4 Å². The van der Waals surface area contributed by atoms with Gasteiger partial charge in [-0.15, -0.1) is 11.8 Å². The molecule has 1 aliphatic heterocycles. The van der Waals surface area contributed by atoms with Gasteiger partial charge in [0.25, 0.3) is 0 Å². The number of amides is 2.